The minimum atomic E-state index is -1.65. The topological polar surface area (TPSA) is 311 Å². The second-order valence-electron chi connectivity index (χ2n) is 26.3. The van der Waals surface area contributed by atoms with Crippen LogP contribution < -0.4 is 47.9 Å². The van der Waals surface area contributed by atoms with E-state index in [4.69, 9.17) is 4.42 Å². The minimum Gasteiger partial charge on any atom is -0.444 e. The summed E-state index contributed by atoms with van der Waals surface area (Å²) in [4.78, 5) is 147. The molecule has 1 fully saturated rings. The van der Waals surface area contributed by atoms with E-state index in [2.05, 4.69) is 59.8 Å². The van der Waals surface area contributed by atoms with E-state index in [9.17, 15) is 47.9 Å². The van der Waals surface area contributed by atoms with Crippen LogP contribution in [0.1, 0.15) is 191 Å². The number of rotatable bonds is 36. The minimum absolute atomic E-state index is 0.0249. The van der Waals surface area contributed by atoms with Crippen molar-refractivity contribution in [2.75, 3.05) is 33.7 Å². The van der Waals surface area contributed by atoms with Crippen molar-refractivity contribution in [1.82, 2.24) is 62.6 Å². The Morgan fingerprint density at radius 2 is 1.13 bits per heavy atom. The summed E-state index contributed by atoms with van der Waals surface area (Å²) in [6.45, 7) is 25.0. The van der Waals surface area contributed by atoms with Gasteiger partial charge in [-0.2, -0.15) is 0 Å². The molecule has 2 heterocycles. The molecule has 2 aromatic rings. The number of nitrogens with zero attached hydrogens (tertiary/aromatic N) is 3. The Morgan fingerprint density at radius 3 is 1.67 bits per heavy atom. The summed E-state index contributed by atoms with van der Waals surface area (Å²) in [5, 5.41) is 25.2. The monoisotopic (exact) mass is 1200 g/mol. The lowest BCUT2D eigenvalue weighted by molar-refractivity contribution is -0.139. The molecule has 0 aliphatic carbocycles. The van der Waals surface area contributed by atoms with Crippen LogP contribution >= 0.6 is 0 Å². The molecule has 1 aliphatic heterocycles. The molecule has 1 aromatic carbocycles. The molecule has 86 heavy (non-hydrogen) atoms. The first kappa shape index (κ1) is 73.3. The summed E-state index contributed by atoms with van der Waals surface area (Å²) in [6, 6.07) is 3.58. The summed E-state index contributed by atoms with van der Waals surface area (Å²) in [5.41, 5.74) is -3.95. The maximum Gasteiger partial charge on any atom is 0.276 e. The van der Waals surface area contributed by atoms with Crippen LogP contribution in [0.2, 0.25) is 0 Å². The third-order valence-corrected chi connectivity index (χ3v) is 14.7. The number of carbonyl (C=O) groups excluding carboxylic acids is 10. The first-order valence-electron chi connectivity index (χ1n) is 30.9. The van der Waals surface area contributed by atoms with Gasteiger partial charge in [0.2, 0.25) is 59.1 Å². The van der Waals surface area contributed by atoms with Crippen molar-refractivity contribution in [3.63, 3.8) is 0 Å². The first-order chi connectivity index (χ1) is 40.2. The van der Waals surface area contributed by atoms with Gasteiger partial charge in [0.15, 0.2) is 5.69 Å². The molecule has 0 saturated carbocycles. The van der Waals surface area contributed by atoms with Crippen molar-refractivity contribution in [3.8, 4) is 11.5 Å². The number of nitrogens with one attached hydrogen (secondary N) is 9. The van der Waals surface area contributed by atoms with Gasteiger partial charge >= 0.3 is 0 Å². The second-order valence-corrected chi connectivity index (χ2v) is 26.3. The van der Waals surface area contributed by atoms with Gasteiger partial charge < -0.3 is 62.1 Å². The number of likely N-dealkylation sites (tertiary alicyclic amines) is 1. The van der Waals surface area contributed by atoms with E-state index in [-0.39, 0.29) is 79.9 Å². The molecule has 6 atom stereocenters. The van der Waals surface area contributed by atoms with Gasteiger partial charge in [0.25, 0.3) is 5.91 Å². The second kappa shape index (κ2) is 34.4. The number of hydrogen-bond donors (Lipinski definition) is 9. The summed E-state index contributed by atoms with van der Waals surface area (Å²) >= 11 is 0. The Bertz CT molecular complexity index is 2580. The highest BCUT2D eigenvalue weighted by Crippen LogP contribution is 2.24. The lowest BCUT2D eigenvalue weighted by Crippen LogP contribution is -2.65. The number of likely N-dealkylation sites (N-methyl/N-ethyl adjacent to an activating group) is 1. The predicted molar refractivity (Wildman–Crippen MR) is 331 cm³/mol. The van der Waals surface area contributed by atoms with E-state index >= 15 is 0 Å². The van der Waals surface area contributed by atoms with Gasteiger partial charge in [-0.05, 0) is 131 Å². The average molecular weight is 1210 g/mol. The standard InChI is InChI=1S/C63H104N12O11/c1-17-18-19-20-21-25-29-44(66-55(81)49-30-26-33-75(49)57(82)48-38-86-56(69-48)43-27-23-22-24-28-43)51(77)67-46(35-40(4)5)53(79)71-62(11,12)59(84)70-45(34-39(2)3)52(78)68-47(36-41(6)7)54(80)72-63(13,14)60(85)73-61(9,10)58(83)64-32-31-50(76)65-42(8)37-74(15)16/h22-24,27-28,38-42,44-47,49H,17-21,25-26,29-37H2,1-16H3,(H,64,83)(H,65,76)(H,66,81)(H,67,77)(H,68,78)(H,70,84)(H,71,79)(H,72,80)(H,73,85)/t42-,44-,45-,46-,47-,49-/m0/s1. The maximum atomic E-state index is 14.4. The molecule has 10 amide bonds. The molecular weight excluding hydrogens is 1100 g/mol. The number of benzene rings is 1. The zero-order valence-electron chi connectivity index (χ0n) is 54.3. The Labute approximate surface area is 510 Å². The molecule has 0 bridgehead atoms. The molecular formula is C63H104N12O11. The van der Waals surface area contributed by atoms with Crippen LogP contribution in [-0.4, -0.2) is 160 Å². The SMILES string of the molecule is CCCCCCCC[C@H](NC(=O)[C@@H]1CCCN1C(=O)c1coc(-c2ccccc2)n1)C(=O)N[C@@H](CC(C)C)C(=O)NC(C)(C)C(=O)N[C@@H](CC(C)C)C(=O)N[C@@H](CC(C)C)C(=O)NC(C)(C)C(=O)NC(C)(C)C(=O)NCCC(=O)N[C@@H](C)CN(C)C. The van der Waals surface area contributed by atoms with Crippen LogP contribution in [0.3, 0.4) is 0 Å². The van der Waals surface area contributed by atoms with E-state index in [1.807, 2.05) is 97.8 Å². The molecule has 482 valence electrons. The van der Waals surface area contributed by atoms with Crippen LogP contribution in [0.5, 0.6) is 0 Å². The molecule has 1 saturated heterocycles. The van der Waals surface area contributed by atoms with Gasteiger partial charge in [0, 0.05) is 37.7 Å². The van der Waals surface area contributed by atoms with Crippen molar-refractivity contribution in [3.05, 3.63) is 42.3 Å². The van der Waals surface area contributed by atoms with E-state index in [1.54, 1.807) is 0 Å². The van der Waals surface area contributed by atoms with E-state index < -0.39 is 100.0 Å². The lowest BCUT2D eigenvalue weighted by Gasteiger charge is -2.34. The smallest absolute Gasteiger partial charge is 0.276 e. The highest BCUT2D eigenvalue weighted by molar-refractivity contribution is 6.01. The normalized spacial score (nSPS) is 15.5. The van der Waals surface area contributed by atoms with Crippen LogP contribution in [0.25, 0.3) is 11.5 Å². The average Bonchev–Trinajstić information content (AvgIpc) is 2.18. The Balaban J connectivity index is 1.74. The molecule has 3 rings (SSSR count). The Kier molecular flexibility index (Phi) is 29.4. The fraction of sp³-hybridized carbons (Fsp3) is 0.698. The van der Waals surface area contributed by atoms with Gasteiger partial charge in [0.05, 0.1) is 0 Å². The number of hydrogen-bond acceptors (Lipinski definition) is 13. The number of carbonyl (C=O) groups is 10. The van der Waals surface area contributed by atoms with Crippen molar-refractivity contribution < 1.29 is 52.4 Å². The van der Waals surface area contributed by atoms with Crippen LogP contribution in [0, 0.1) is 17.8 Å². The fourth-order valence-electron chi connectivity index (χ4n) is 10.0. The molecule has 23 heteroatoms. The van der Waals surface area contributed by atoms with Crippen LogP contribution in [0.4, 0.5) is 0 Å². The Hall–Kier alpha value is -6.91. The van der Waals surface area contributed by atoms with Gasteiger partial charge in [0.1, 0.15) is 53.1 Å². The molecule has 9 N–H and O–H groups in total. The zero-order chi connectivity index (χ0) is 64.7. The van der Waals surface area contributed by atoms with Gasteiger partial charge in [-0.3, -0.25) is 47.9 Å². The van der Waals surface area contributed by atoms with Crippen molar-refractivity contribution >= 4 is 59.1 Å². The van der Waals surface area contributed by atoms with E-state index in [0.717, 1.165) is 32.1 Å². The predicted octanol–water partition coefficient (Wildman–Crippen LogP) is 5.03. The maximum absolute atomic E-state index is 14.4. The zero-order valence-corrected chi connectivity index (χ0v) is 54.3. The summed E-state index contributed by atoms with van der Waals surface area (Å²) in [5.74, 6) is -5.92. The molecule has 1 aromatic heterocycles. The number of unbranched alkanes of at least 4 members (excludes halogenated alkanes) is 5. The molecule has 0 spiro atoms. The number of amides is 10. The first-order valence-corrected chi connectivity index (χ1v) is 30.9. The highest BCUT2D eigenvalue weighted by atomic mass is 16.3. The summed E-state index contributed by atoms with van der Waals surface area (Å²) in [7, 11) is 3.79. The summed E-state index contributed by atoms with van der Waals surface area (Å²) in [6.07, 6.45) is 8.46. The van der Waals surface area contributed by atoms with Gasteiger partial charge in [-0.1, -0.05) is 105 Å². The van der Waals surface area contributed by atoms with E-state index in [1.165, 1.54) is 52.7 Å². The van der Waals surface area contributed by atoms with Gasteiger partial charge in [-0.15, -0.1) is 0 Å². The van der Waals surface area contributed by atoms with Crippen LogP contribution in [0.15, 0.2) is 41.0 Å². The highest BCUT2D eigenvalue weighted by Gasteiger charge is 2.42. The van der Waals surface area contributed by atoms with Crippen molar-refractivity contribution in [2.24, 2.45) is 17.8 Å². The van der Waals surface area contributed by atoms with Crippen molar-refractivity contribution in [2.45, 2.75) is 233 Å². The third kappa shape index (κ3) is 24.5. The molecule has 0 radical (unpaired) electrons. The molecule has 23 nitrogen and oxygen atoms in total. The Morgan fingerprint density at radius 1 is 0.616 bits per heavy atom. The fourth-order valence-corrected chi connectivity index (χ4v) is 10.0. The quantitative estimate of drug-likeness (QED) is 0.0405. The lowest BCUT2D eigenvalue weighted by atomic mass is 9.96. The number of aromatic nitrogens is 1. The third-order valence-electron chi connectivity index (χ3n) is 14.7. The number of oxazole rings is 1. The summed E-state index contributed by atoms with van der Waals surface area (Å²) < 4.78 is 5.63. The van der Waals surface area contributed by atoms with E-state index in [0.29, 0.717) is 37.9 Å². The van der Waals surface area contributed by atoms with Crippen molar-refractivity contribution in [1.29, 1.82) is 0 Å². The van der Waals surface area contributed by atoms with Crippen LogP contribution in [-0.2, 0) is 43.2 Å². The van der Waals surface area contributed by atoms with Gasteiger partial charge in [-0.25, -0.2) is 4.98 Å². The molecule has 0 unspecified atom stereocenters. The largest absolute Gasteiger partial charge is 0.444 e. The molecule has 1 aliphatic rings.